The molecule has 2 rings (SSSR count). The molecule has 1 fully saturated rings. The lowest BCUT2D eigenvalue weighted by atomic mass is 9.85. The summed E-state index contributed by atoms with van der Waals surface area (Å²) >= 11 is 0. The van der Waals surface area contributed by atoms with E-state index in [0.29, 0.717) is 5.56 Å². The van der Waals surface area contributed by atoms with E-state index in [1.807, 2.05) is 0 Å². The third-order valence-electron chi connectivity index (χ3n) is 4.02. The molecule has 0 saturated heterocycles. The van der Waals surface area contributed by atoms with Crippen LogP contribution in [-0.2, 0) is 16.0 Å². The average Bonchev–Trinajstić information content (AvgIpc) is 2.57. The third kappa shape index (κ3) is 3.83. The Morgan fingerprint density at radius 3 is 1.92 bits per heavy atom. The standard InChI is InChI=1S/C15H21NO8/c16-8(5-6-1-3-7(17)4-2-6)15(23)24-14-12(21)10(19)9(18)11(20)13(14)22/h1-4,8-14,17-22H,5,16H2/t8-,9?,10?,11?,12?,13?,14?/m0/s1. The van der Waals surface area contributed by atoms with Gasteiger partial charge in [0.15, 0.2) is 6.10 Å². The second kappa shape index (κ2) is 7.43. The Hall–Kier alpha value is -1.75. The minimum Gasteiger partial charge on any atom is -0.508 e. The van der Waals surface area contributed by atoms with Gasteiger partial charge in [-0.25, -0.2) is 0 Å². The summed E-state index contributed by atoms with van der Waals surface area (Å²) in [5.74, 6) is -0.896. The van der Waals surface area contributed by atoms with E-state index in [1.54, 1.807) is 12.1 Å². The summed E-state index contributed by atoms with van der Waals surface area (Å²) in [4.78, 5) is 12.0. The van der Waals surface area contributed by atoms with Gasteiger partial charge >= 0.3 is 5.97 Å². The molecule has 24 heavy (non-hydrogen) atoms. The Morgan fingerprint density at radius 1 is 0.958 bits per heavy atom. The van der Waals surface area contributed by atoms with E-state index in [4.69, 9.17) is 10.5 Å². The van der Waals surface area contributed by atoms with Gasteiger partial charge < -0.3 is 41.1 Å². The van der Waals surface area contributed by atoms with Crippen LogP contribution in [0.15, 0.2) is 24.3 Å². The number of phenols is 1. The van der Waals surface area contributed by atoms with Gasteiger partial charge in [-0.2, -0.15) is 0 Å². The molecule has 4 unspecified atom stereocenters. The second-order valence-corrected chi connectivity index (χ2v) is 5.83. The van der Waals surface area contributed by atoms with Gasteiger partial charge in [-0.05, 0) is 24.1 Å². The first-order valence-electron chi connectivity index (χ1n) is 7.36. The third-order valence-corrected chi connectivity index (χ3v) is 4.02. The summed E-state index contributed by atoms with van der Waals surface area (Å²) < 4.78 is 4.92. The number of ether oxygens (including phenoxy) is 1. The number of hydrogen-bond acceptors (Lipinski definition) is 9. The van der Waals surface area contributed by atoms with Crippen molar-refractivity contribution in [1.29, 1.82) is 0 Å². The monoisotopic (exact) mass is 343 g/mol. The minimum absolute atomic E-state index is 0.0601. The number of carbonyl (C=O) groups is 1. The topological polar surface area (TPSA) is 174 Å². The van der Waals surface area contributed by atoms with Gasteiger partial charge in [0.05, 0.1) is 0 Å². The Kier molecular flexibility index (Phi) is 5.75. The lowest BCUT2D eigenvalue weighted by Gasteiger charge is -2.41. The fourth-order valence-electron chi connectivity index (χ4n) is 2.53. The Balaban J connectivity index is 2.00. The molecule has 1 aromatic carbocycles. The number of rotatable bonds is 4. The van der Waals surface area contributed by atoms with E-state index in [1.165, 1.54) is 12.1 Å². The molecule has 1 aliphatic rings. The van der Waals surface area contributed by atoms with Crippen molar-refractivity contribution >= 4 is 5.97 Å². The van der Waals surface area contributed by atoms with Crippen LogP contribution in [0.3, 0.4) is 0 Å². The van der Waals surface area contributed by atoms with E-state index in [0.717, 1.165) is 0 Å². The molecule has 1 saturated carbocycles. The van der Waals surface area contributed by atoms with Crippen LogP contribution in [0, 0.1) is 0 Å². The first-order valence-corrected chi connectivity index (χ1v) is 7.36. The van der Waals surface area contributed by atoms with Gasteiger partial charge in [0.2, 0.25) is 0 Å². The molecule has 8 N–H and O–H groups in total. The van der Waals surface area contributed by atoms with Crippen LogP contribution in [0.25, 0.3) is 0 Å². The summed E-state index contributed by atoms with van der Waals surface area (Å²) in [7, 11) is 0. The number of carbonyl (C=O) groups excluding carboxylic acids is 1. The highest BCUT2D eigenvalue weighted by Crippen LogP contribution is 2.24. The Morgan fingerprint density at radius 2 is 1.42 bits per heavy atom. The number of benzene rings is 1. The van der Waals surface area contributed by atoms with Crippen molar-refractivity contribution in [2.75, 3.05) is 0 Å². The van der Waals surface area contributed by atoms with E-state index >= 15 is 0 Å². The molecule has 0 aliphatic heterocycles. The first kappa shape index (κ1) is 18.6. The number of aromatic hydroxyl groups is 1. The van der Waals surface area contributed by atoms with E-state index in [9.17, 15) is 35.4 Å². The van der Waals surface area contributed by atoms with Crippen molar-refractivity contribution in [3.63, 3.8) is 0 Å². The zero-order valence-electron chi connectivity index (χ0n) is 12.6. The van der Waals surface area contributed by atoms with Gasteiger partial charge in [0, 0.05) is 0 Å². The maximum absolute atomic E-state index is 12.0. The fourth-order valence-corrected chi connectivity index (χ4v) is 2.53. The van der Waals surface area contributed by atoms with Crippen molar-refractivity contribution in [2.45, 2.75) is 49.1 Å². The van der Waals surface area contributed by atoms with Crippen molar-refractivity contribution in [2.24, 2.45) is 5.73 Å². The van der Waals surface area contributed by atoms with Gasteiger partial charge in [-0.15, -0.1) is 0 Å². The Bertz CT molecular complexity index is 549. The average molecular weight is 343 g/mol. The van der Waals surface area contributed by atoms with E-state index in [-0.39, 0.29) is 12.2 Å². The molecule has 1 aromatic rings. The Labute approximate surface area is 137 Å². The van der Waals surface area contributed by atoms with Crippen molar-refractivity contribution in [3.8, 4) is 5.75 Å². The summed E-state index contributed by atoms with van der Waals surface area (Å²) in [5, 5.41) is 57.5. The quantitative estimate of drug-likeness (QED) is 0.281. The normalized spacial score (nSPS) is 34.6. The van der Waals surface area contributed by atoms with Gasteiger partial charge in [-0.1, -0.05) is 12.1 Å². The second-order valence-electron chi connectivity index (χ2n) is 5.83. The number of aliphatic hydroxyl groups excluding tert-OH is 5. The molecule has 0 aromatic heterocycles. The highest BCUT2D eigenvalue weighted by atomic mass is 16.6. The van der Waals surface area contributed by atoms with Gasteiger partial charge in [0.1, 0.15) is 42.3 Å². The number of aliphatic hydroxyl groups is 5. The van der Waals surface area contributed by atoms with Crippen molar-refractivity contribution in [3.05, 3.63) is 29.8 Å². The van der Waals surface area contributed by atoms with E-state index < -0.39 is 48.6 Å². The molecule has 1 aliphatic carbocycles. The fraction of sp³-hybridized carbons (Fsp3) is 0.533. The van der Waals surface area contributed by atoms with Crippen LogP contribution in [0.1, 0.15) is 5.56 Å². The lowest BCUT2D eigenvalue weighted by Crippen LogP contribution is -2.65. The predicted octanol–water partition coefficient (Wildman–Crippen LogP) is -3.01. The predicted molar refractivity (Wildman–Crippen MR) is 79.7 cm³/mol. The van der Waals surface area contributed by atoms with Crippen LogP contribution in [0.2, 0.25) is 0 Å². The molecule has 0 amide bonds. The molecule has 0 heterocycles. The first-order chi connectivity index (χ1) is 11.2. The van der Waals surface area contributed by atoms with Crippen LogP contribution >= 0.6 is 0 Å². The number of nitrogens with two attached hydrogens (primary N) is 1. The summed E-state index contributed by atoms with van der Waals surface area (Å²) in [6.45, 7) is 0. The zero-order chi connectivity index (χ0) is 18.0. The maximum Gasteiger partial charge on any atom is 0.323 e. The lowest BCUT2D eigenvalue weighted by molar-refractivity contribution is -0.234. The number of phenolic OH excluding ortho intramolecular Hbond substituents is 1. The smallest absolute Gasteiger partial charge is 0.323 e. The SMILES string of the molecule is N[C@@H](Cc1ccc(O)cc1)C(=O)OC1C(O)C(O)C(O)C(O)C1O. The van der Waals surface area contributed by atoms with Crippen LogP contribution in [0.5, 0.6) is 5.75 Å². The molecule has 0 bridgehead atoms. The molecule has 0 radical (unpaired) electrons. The highest BCUT2D eigenvalue weighted by Gasteiger charge is 2.50. The maximum atomic E-state index is 12.0. The number of esters is 1. The van der Waals surface area contributed by atoms with Crippen LogP contribution in [0.4, 0.5) is 0 Å². The molecule has 9 nitrogen and oxygen atoms in total. The summed E-state index contributed by atoms with van der Waals surface area (Å²) in [6, 6.07) is 4.86. The minimum atomic E-state index is -1.78. The van der Waals surface area contributed by atoms with Gasteiger partial charge in [0.25, 0.3) is 0 Å². The molecular weight excluding hydrogens is 322 g/mol. The van der Waals surface area contributed by atoms with Crippen molar-refractivity contribution < 1.29 is 40.2 Å². The molecule has 9 heteroatoms. The molecule has 5 atom stereocenters. The van der Waals surface area contributed by atoms with E-state index in [2.05, 4.69) is 0 Å². The van der Waals surface area contributed by atoms with Crippen molar-refractivity contribution in [1.82, 2.24) is 0 Å². The van der Waals surface area contributed by atoms with Crippen LogP contribution < -0.4 is 5.73 Å². The molecule has 0 spiro atoms. The molecular formula is C15H21NO8. The zero-order valence-corrected chi connectivity index (χ0v) is 12.6. The van der Waals surface area contributed by atoms with Gasteiger partial charge in [-0.3, -0.25) is 4.79 Å². The highest BCUT2D eigenvalue weighted by molar-refractivity contribution is 5.76. The number of hydrogen-bond donors (Lipinski definition) is 7. The molecule has 134 valence electrons. The summed E-state index contributed by atoms with van der Waals surface area (Å²) in [6.07, 6.45) is -10.4. The van der Waals surface area contributed by atoms with Crippen LogP contribution in [-0.4, -0.2) is 79.3 Å². The summed E-state index contributed by atoms with van der Waals surface area (Å²) in [5.41, 5.74) is 6.37. The largest absolute Gasteiger partial charge is 0.508 e.